The first-order chi connectivity index (χ1) is 10.4. The van der Waals surface area contributed by atoms with Gasteiger partial charge in [0, 0.05) is 10.8 Å². The highest BCUT2D eigenvalue weighted by atomic mass is 14.8. The average Bonchev–Trinajstić information content (AvgIpc) is 2.49. The lowest BCUT2D eigenvalue weighted by Gasteiger charge is -2.56. The molecule has 6 nitrogen and oxygen atoms in total. The Bertz CT molecular complexity index is 731. The molecule has 2 bridgehead atoms. The van der Waals surface area contributed by atoms with Gasteiger partial charge < -0.3 is 5.73 Å². The standard InChI is InChI=1S/C16H14N6/c1-14-3-2-4-15(8-14,11(5-17)6-18)16(9-20,10-21)13(22)12(14)7-19/h11H,2-4,8,22H2,1H3/t14?,15-/m0/s1. The van der Waals surface area contributed by atoms with Crippen LogP contribution in [0.3, 0.4) is 0 Å². The van der Waals surface area contributed by atoms with Crippen LogP contribution in [0.25, 0.3) is 0 Å². The minimum atomic E-state index is -1.81. The van der Waals surface area contributed by atoms with Crippen molar-refractivity contribution in [1.82, 2.24) is 0 Å². The quantitative estimate of drug-likeness (QED) is 0.781. The Morgan fingerprint density at radius 1 is 1.05 bits per heavy atom. The van der Waals surface area contributed by atoms with Crippen LogP contribution in [0.4, 0.5) is 0 Å². The second kappa shape index (κ2) is 4.77. The zero-order valence-electron chi connectivity index (χ0n) is 12.2. The van der Waals surface area contributed by atoms with E-state index in [1.54, 1.807) is 0 Å². The maximum absolute atomic E-state index is 9.71. The summed E-state index contributed by atoms with van der Waals surface area (Å²) in [5, 5.41) is 47.7. The Kier molecular flexibility index (Phi) is 3.34. The van der Waals surface area contributed by atoms with E-state index in [2.05, 4.69) is 6.07 Å². The third-order valence-electron chi connectivity index (χ3n) is 5.34. The minimum Gasteiger partial charge on any atom is -0.399 e. The molecule has 1 saturated carbocycles. The predicted octanol–water partition coefficient (Wildman–Crippen LogP) is 2.00. The molecular weight excluding hydrogens is 276 g/mol. The number of nitrogens with two attached hydrogens (primary N) is 1. The number of nitrogens with zero attached hydrogens (tertiary/aromatic N) is 5. The molecule has 0 saturated heterocycles. The molecule has 0 aliphatic heterocycles. The molecule has 108 valence electrons. The van der Waals surface area contributed by atoms with Crippen LogP contribution in [0.2, 0.25) is 0 Å². The van der Waals surface area contributed by atoms with E-state index in [-0.39, 0.29) is 17.7 Å². The van der Waals surface area contributed by atoms with E-state index < -0.39 is 22.2 Å². The second-order valence-corrected chi connectivity index (χ2v) is 6.31. The van der Waals surface area contributed by atoms with Crippen molar-refractivity contribution < 1.29 is 0 Å². The average molecular weight is 290 g/mol. The van der Waals surface area contributed by atoms with Crippen LogP contribution < -0.4 is 5.73 Å². The first-order valence-corrected chi connectivity index (χ1v) is 6.94. The number of nitriles is 5. The number of allylic oxidation sites excluding steroid dienone is 2. The Balaban J connectivity index is 2.92. The summed E-state index contributed by atoms with van der Waals surface area (Å²) in [5.41, 5.74) is 2.70. The first kappa shape index (κ1) is 15.4. The molecule has 0 spiro atoms. The SMILES string of the molecule is CC12CCC[C@@](C(C#N)C#N)(C1)C(C#N)(C#N)C(N)=C2C#N. The normalized spacial score (nSPS) is 32.0. The fourth-order valence-electron chi connectivity index (χ4n) is 4.28. The van der Waals surface area contributed by atoms with Gasteiger partial charge in [-0.2, -0.15) is 26.3 Å². The van der Waals surface area contributed by atoms with Crippen LogP contribution >= 0.6 is 0 Å². The van der Waals surface area contributed by atoms with Crippen molar-refractivity contribution in [2.75, 3.05) is 0 Å². The molecule has 0 aromatic carbocycles. The van der Waals surface area contributed by atoms with Crippen LogP contribution in [0.1, 0.15) is 32.6 Å². The summed E-state index contributed by atoms with van der Waals surface area (Å²) in [5.74, 6) is -1.12. The summed E-state index contributed by atoms with van der Waals surface area (Å²) < 4.78 is 0. The summed E-state index contributed by atoms with van der Waals surface area (Å²) in [6, 6.07) is 9.82. The molecule has 1 unspecified atom stereocenters. The fraction of sp³-hybridized carbons (Fsp3) is 0.562. The van der Waals surface area contributed by atoms with Crippen LogP contribution in [0, 0.1) is 78.8 Å². The molecule has 2 rings (SSSR count). The van der Waals surface area contributed by atoms with E-state index in [1.165, 1.54) is 0 Å². The van der Waals surface area contributed by atoms with Gasteiger partial charge in [0.1, 0.15) is 5.92 Å². The molecule has 0 radical (unpaired) electrons. The molecule has 2 aliphatic rings. The van der Waals surface area contributed by atoms with E-state index >= 15 is 0 Å². The molecule has 1 fully saturated rings. The lowest BCUT2D eigenvalue weighted by Crippen LogP contribution is -2.57. The maximum Gasteiger partial charge on any atom is 0.191 e. The summed E-state index contributed by atoms with van der Waals surface area (Å²) in [6.07, 6.45) is 2.00. The van der Waals surface area contributed by atoms with Gasteiger partial charge in [-0.05, 0) is 19.3 Å². The van der Waals surface area contributed by atoms with Gasteiger partial charge in [0.2, 0.25) is 0 Å². The highest BCUT2D eigenvalue weighted by Crippen LogP contribution is 2.66. The molecule has 2 N–H and O–H groups in total. The molecule has 0 aromatic heterocycles. The zero-order valence-corrected chi connectivity index (χ0v) is 12.2. The van der Waals surface area contributed by atoms with Crippen LogP contribution in [-0.2, 0) is 0 Å². The number of hydrogen-bond acceptors (Lipinski definition) is 6. The van der Waals surface area contributed by atoms with Crippen LogP contribution in [0.15, 0.2) is 11.3 Å². The van der Waals surface area contributed by atoms with Crippen molar-refractivity contribution in [2.24, 2.45) is 27.9 Å². The summed E-state index contributed by atoms with van der Waals surface area (Å²) in [7, 11) is 0. The number of rotatable bonds is 1. The molecule has 22 heavy (non-hydrogen) atoms. The molecule has 6 heteroatoms. The van der Waals surface area contributed by atoms with E-state index in [0.717, 1.165) is 0 Å². The van der Waals surface area contributed by atoms with Gasteiger partial charge >= 0.3 is 0 Å². The van der Waals surface area contributed by atoms with Gasteiger partial charge in [0.25, 0.3) is 0 Å². The molecular formula is C16H14N6. The summed E-state index contributed by atoms with van der Waals surface area (Å²) in [4.78, 5) is 0. The smallest absolute Gasteiger partial charge is 0.191 e. The van der Waals surface area contributed by atoms with Crippen molar-refractivity contribution in [2.45, 2.75) is 32.6 Å². The van der Waals surface area contributed by atoms with Crippen molar-refractivity contribution in [1.29, 1.82) is 26.3 Å². The van der Waals surface area contributed by atoms with Crippen molar-refractivity contribution in [3.8, 4) is 30.3 Å². The maximum atomic E-state index is 9.71. The van der Waals surface area contributed by atoms with Crippen molar-refractivity contribution >= 4 is 0 Å². The molecule has 0 amide bonds. The fourth-order valence-corrected chi connectivity index (χ4v) is 4.28. The van der Waals surface area contributed by atoms with Crippen LogP contribution in [0.5, 0.6) is 0 Å². The summed E-state index contributed by atoms with van der Waals surface area (Å²) in [6.45, 7) is 1.86. The first-order valence-electron chi connectivity index (χ1n) is 6.94. The topological polar surface area (TPSA) is 145 Å². The molecule has 0 heterocycles. The van der Waals surface area contributed by atoms with Gasteiger partial charge in [0.05, 0.1) is 41.6 Å². The minimum absolute atomic E-state index is 0.0797. The molecule has 2 aliphatic carbocycles. The van der Waals surface area contributed by atoms with Gasteiger partial charge in [0.15, 0.2) is 5.41 Å². The van der Waals surface area contributed by atoms with Gasteiger partial charge in [-0.25, -0.2) is 0 Å². The Morgan fingerprint density at radius 2 is 1.64 bits per heavy atom. The zero-order chi connectivity index (χ0) is 16.6. The van der Waals surface area contributed by atoms with E-state index in [4.69, 9.17) is 5.73 Å². The Hall–Kier alpha value is -3.01. The predicted molar refractivity (Wildman–Crippen MR) is 74.2 cm³/mol. The Labute approximate surface area is 129 Å². The highest BCUT2D eigenvalue weighted by Gasteiger charge is 2.67. The number of fused-ring (bicyclic) bond motifs is 2. The molecule has 0 aromatic rings. The van der Waals surface area contributed by atoms with Gasteiger partial charge in [-0.1, -0.05) is 13.3 Å². The van der Waals surface area contributed by atoms with E-state index in [9.17, 15) is 26.3 Å². The second-order valence-electron chi connectivity index (χ2n) is 6.31. The van der Waals surface area contributed by atoms with Crippen LogP contribution in [-0.4, -0.2) is 0 Å². The third kappa shape index (κ3) is 1.49. The largest absolute Gasteiger partial charge is 0.399 e. The molecule has 2 atom stereocenters. The van der Waals surface area contributed by atoms with E-state index in [0.29, 0.717) is 19.3 Å². The van der Waals surface area contributed by atoms with Crippen molar-refractivity contribution in [3.05, 3.63) is 11.3 Å². The van der Waals surface area contributed by atoms with E-state index in [1.807, 2.05) is 31.2 Å². The lowest BCUT2D eigenvalue weighted by molar-refractivity contribution is 0.00310. The third-order valence-corrected chi connectivity index (χ3v) is 5.34. The van der Waals surface area contributed by atoms with Crippen molar-refractivity contribution in [3.63, 3.8) is 0 Å². The van der Waals surface area contributed by atoms with Gasteiger partial charge in [-0.3, -0.25) is 0 Å². The summed E-state index contributed by atoms with van der Waals surface area (Å²) >= 11 is 0. The lowest BCUT2D eigenvalue weighted by atomic mass is 9.43. The number of hydrogen-bond donors (Lipinski definition) is 1. The Morgan fingerprint density at radius 3 is 2.09 bits per heavy atom. The van der Waals surface area contributed by atoms with Gasteiger partial charge in [-0.15, -0.1) is 0 Å². The monoisotopic (exact) mass is 290 g/mol. The highest BCUT2D eigenvalue weighted by molar-refractivity contribution is 5.51.